The van der Waals surface area contributed by atoms with Gasteiger partial charge < -0.3 is 10.1 Å². The number of likely N-dealkylation sites (N-methyl/N-ethyl adjacent to an activating group) is 1. The highest BCUT2D eigenvalue weighted by Gasteiger charge is 2.09. The number of halogens is 1. The van der Waals surface area contributed by atoms with Gasteiger partial charge in [-0.2, -0.15) is 0 Å². The molecule has 0 saturated carbocycles. The maximum Gasteiger partial charge on any atom is 0.119 e. The summed E-state index contributed by atoms with van der Waals surface area (Å²) in [6.45, 7) is 5.37. The molecule has 1 unspecified atom stereocenters. The Labute approximate surface area is 107 Å². The number of hydrogen-bond acceptors (Lipinski definition) is 2. The van der Waals surface area contributed by atoms with Crippen molar-refractivity contribution in [2.75, 3.05) is 13.7 Å². The Hall–Kier alpha value is -0.540. The van der Waals surface area contributed by atoms with E-state index in [1.807, 2.05) is 12.1 Å². The molecule has 0 spiro atoms. The average molecular weight is 286 g/mol. The van der Waals surface area contributed by atoms with Crippen LogP contribution in [0.25, 0.3) is 0 Å². The van der Waals surface area contributed by atoms with Crippen molar-refractivity contribution >= 4 is 15.9 Å². The maximum atomic E-state index is 5.24. The molecule has 1 atom stereocenters. The Morgan fingerprint density at radius 2 is 2.12 bits per heavy atom. The molecule has 0 fully saturated rings. The Balaban J connectivity index is 2.77. The van der Waals surface area contributed by atoms with Crippen LogP contribution in [-0.4, -0.2) is 19.7 Å². The monoisotopic (exact) mass is 285 g/mol. The largest absolute Gasteiger partial charge is 0.497 e. The lowest BCUT2D eigenvalue weighted by Crippen LogP contribution is -2.30. The topological polar surface area (TPSA) is 21.3 Å². The molecular formula is C13H20BrNO. The number of nitrogens with one attached hydrogen (secondary N) is 1. The second kappa shape index (κ2) is 6.92. The summed E-state index contributed by atoms with van der Waals surface area (Å²) in [4.78, 5) is 0. The molecule has 0 saturated heterocycles. The van der Waals surface area contributed by atoms with Gasteiger partial charge in [0.25, 0.3) is 0 Å². The highest BCUT2D eigenvalue weighted by Crippen LogP contribution is 2.24. The standard InChI is InChI=1S/C13H20BrNO/c1-4-11(15-5-2)8-10-9-12(16-3)6-7-13(10)14/h6-7,9,11,15H,4-5,8H2,1-3H3. The van der Waals surface area contributed by atoms with Gasteiger partial charge in [0.15, 0.2) is 0 Å². The molecule has 1 aromatic rings. The molecule has 0 aliphatic carbocycles. The summed E-state index contributed by atoms with van der Waals surface area (Å²) in [5.41, 5.74) is 1.30. The number of benzene rings is 1. The highest BCUT2D eigenvalue weighted by molar-refractivity contribution is 9.10. The fraction of sp³-hybridized carbons (Fsp3) is 0.538. The lowest BCUT2D eigenvalue weighted by Gasteiger charge is -2.17. The van der Waals surface area contributed by atoms with Gasteiger partial charge in [-0.3, -0.25) is 0 Å². The van der Waals surface area contributed by atoms with Crippen LogP contribution in [0.5, 0.6) is 5.75 Å². The summed E-state index contributed by atoms with van der Waals surface area (Å²) >= 11 is 3.59. The zero-order valence-electron chi connectivity index (χ0n) is 10.2. The SMILES string of the molecule is CCNC(CC)Cc1cc(OC)ccc1Br. The van der Waals surface area contributed by atoms with Crippen LogP contribution in [0.3, 0.4) is 0 Å². The third kappa shape index (κ3) is 3.80. The van der Waals surface area contributed by atoms with Gasteiger partial charge >= 0.3 is 0 Å². The summed E-state index contributed by atoms with van der Waals surface area (Å²) in [5, 5.41) is 3.48. The third-order valence-electron chi connectivity index (χ3n) is 2.70. The quantitative estimate of drug-likeness (QED) is 0.865. The molecule has 0 radical (unpaired) electrons. The van der Waals surface area contributed by atoms with Gasteiger partial charge in [0, 0.05) is 10.5 Å². The van der Waals surface area contributed by atoms with Gasteiger partial charge in [-0.05, 0) is 43.1 Å². The van der Waals surface area contributed by atoms with E-state index in [-0.39, 0.29) is 0 Å². The Kier molecular flexibility index (Phi) is 5.85. The van der Waals surface area contributed by atoms with Crippen molar-refractivity contribution in [3.05, 3.63) is 28.2 Å². The Morgan fingerprint density at radius 3 is 2.69 bits per heavy atom. The molecule has 1 rings (SSSR count). The summed E-state index contributed by atoms with van der Waals surface area (Å²) < 4.78 is 6.40. The van der Waals surface area contributed by atoms with Crippen LogP contribution in [0, 0.1) is 0 Å². The van der Waals surface area contributed by atoms with E-state index in [0.717, 1.165) is 29.6 Å². The van der Waals surface area contributed by atoms with Crippen molar-refractivity contribution in [3.8, 4) is 5.75 Å². The molecule has 1 N–H and O–H groups in total. The van der Waals surface area contributed by atoms with E-state index in [2.05, 4.69) is 41.2 Å². The van der Waals surface area contributed by atoms with Gasteiger partial charge in [-0.15, -0.1) is 0 Å². The molecular weight excluding hydrogens is 266 g/mol. The minimum absolute atomic E-state index is 0.536. The first-order valence-electron chi connectivity index (χ1n) is 5.77. The zero-order valence-corrected chi connectivity index (χ0v) is 11.8. The first-order valence-corrected chi connectivity index (χ1v) is 6.56. The fourth-order valence-corrected chi connectivity index (χ4v) is 2.16. The normalized spacial score (nSPS) is 12.5. The molecule has 0 aliphatic heterocycles. The van der Waals surface area contributed by atoms with E-state index in [1.165, 1.54) is 5.56 Å². The summed E-state index contributed by atoms with van der Waals surface area (Å²) in [6, 6.07) is 6.66. The lowest BCUT2D eigenvalue weighted by molar-refractivity contribution is 0.413. The molecule has 16 heavy (non-hydrogen) atoms. The van der Waals surface area contributed by atoms with Crippen molar-refractivity contribution < 1.29 is 4.74 Å². The molecule has 0 aliphatic rings. The van der Waals surface area contributed by atoms with E-state index < -0.39 is 0 Å². The second-order valence-corrected chi connectivity index (χ2v) is 4.68. The smallest absolute Gasteiger partial charge is 0.119 e. The minimum Gasteiger partial charge on any atom is -0.497 e. The summed E-state index contributed by atoms with van der Waals surface area (Å²) in [7, 11) is 1.70. The van der Waals surface area contributed by atoms with Gasteiger partial charge in [0.2, 0.25) is 0 Å². The van der Waals surface area contributed by atoms with Crippen LogP contribution in [0.2, 0.25) is 0 Å². The molecule has 90 valence electrons. The summed E-state index contributed by atoms with van der Waals surface area (Å²) in [5.74, 6) is 0.921. The van der Waals surface area contributed by atoms with Gasteiger partial charge in [0.05, 0.1) is 7.11 Å². The van der Waals surface area contributed by atoms with Crippen molar-refractivity contribution in [1.29, 1.82) is 0 Å². The zero-order chi connectivity index (χ0) is 12.0. The molecule has 0 bridgehead atoms. The molecule has 2 nitrogen and oxygen atoms in total. The molecule has 0 heterocycles. The van der Waals surface area contributed by atoms with Gasteiger partial charge in [0.1, 0.15) is 5.75 Å². The Bertz CT molecular complexity index is 328. The predicted molar refractivity (Wildman–Crippen MR) is 72.2 cm³/mol. The van der Waals surface area contributed by atoms with E-state index in [9.17, 15) is 0 Å². The van der Waals surface area contributed by atoms with E-state index in [0.29, 0.717) is 6.04 Å². The predicted octanol–water partition coefficient (Wildman–Crippen LogP) is 3.39. The van der Waals surface area contributed by atoms with Crippen LogP contribution in [0.4, 0.5) is 0 Å². The Morgan fingerprint density at radius 1 is 1.38 bits per heavy atom. The molecule has 0 aromatic heterocycles. The fourth-order valence-electron chi connectivity index (χ4n) is 1.75. The van der Waals surface area contributed by atoms with Gasteiger partial charge in [-0.25, -0.2) is 0 Å². The van der Waals surface area contributed by atoms with E-state index >= 15 is 0 Å². The molecule has 0 amide bonds. The molecule has 1 aromatic carbocycles. The first-order chi connectivity index (χ1) is 7.71. The van der Waals surface area contributed by atoms with Crippen molar-refractivity contribution in [2.24, 2.45) is 0 Å². The van der Waals surface area contributed by atoms with Crippen LogP contribution in [0.15, 0.2) is 22.7 Å². The minimum atomic E-state index is 0.536. The van der Waals surface area contributed by atoms with Crippen LogP contribution >= 0.6 is 15.9 Å². The van der Waals surface area contributed by atoms with Crippen LogP contribution in [-0.2, 0) is 6.42 Å². The number of hydrogen-bond donors (Lipinski definition) is 1. The van der Waals surface area contributed by atoms with Crippen LogP contribution < -0.4 is 10.1 Å². The first kappa shape index (κ1) is 13.5. The third-order valence-corrected chi connectivity index (χ3v) is 3.48. The van der Waals surface area contributed by atoms with Gasteiger partial charge in [-0.1, -0.05) is 29.8 Å². The van der Waals surface area contributed by atoms with Crippen molar-refractivity contribution in [1.82, 2.24) is 5.32 Å². The van der Waals surface area contributed by atoms with E-state index in [1.54, 1.807) is 7.11 Å². The highest BCUT2D eigenvalue weighted by atomic mass is 79.9. The lowest BCUT2D eigenvalue weighted by atomic mass is 10.0. The number of ether oxygens (including phenoxy) is 1. The molecule has 3 heteroatoms. The van der Waals surface area contributed by atoms with Crippen molar-refractivity contribution in [3.63, 3.8) is 0 Å². The summed E-state index contributed by atoms with van der Waals surface area (Å²) in [6.07, 6.45) is 2.17. The van der Waals surface area contributed by atoms with Crippen molar-refractivity contribution in [2.45, 2.75) is 32.7 Å². The second-order valence-electron chi connectivity index (χ2n) is 3.82. The average Bonchev–Trinajstić information content (AvgIpc) is 2.31. The number of methoxy groups -OCH3 is 1. The van der Waals surface area contributed by atoms with E-state index in [4.69, 9.17) is 4.74 Å². The van der Waals surface area contributed by atoms with Crippen LogP contribution in [0.1, 0.15) is 25.8 Å². The number of rotatable bonds is 6. The maximum absolute atomic E-state index is 5.24.